The van der Waals surface area contributed by atoms with Gasteiger partial charge in [0.2, 0.25) is 5.95 Å². The molecule has 0 fully saturated rings. The van der Waals surface area contributed by atoms with Crippen molar-refractivity contribution in [3.63, 3.8) is 0 Å². The quantitative estimate of drug-likeness (QED) is 0.638. The molecule has 10 heavy (non-hydrogen) atoms. The molecule has 0 unspecified atom stereocenters. The Labute approximate surface area is 59.5 Å². The summed E-state index contributed by atoms with van der Waals surface area (Å²) in [6, 6.07) is 0. The number of halogens is 1. The Balaban J connectivity index is 3.10. The Morgan fingerprint density at radius 3 is 2.30 bits per heavy atom. The molecule has 1 N–H and O–H groups in total. The molecule has 0 aliphatic rings. The first-order chi connectivity index (χ1) is 4.63. The van der Waals surface area contributed by atoms with Crippen molar-refractivity contribution in [3.05, 3.63) is 17.2 Å². The van der Waals surface area contributed by atoms with Crippen LogP contribution in [0.3, 0.4) is 0 Å². The van der Waals surface area contributed by atoms with E-state index in [0.29, 0.717) is 5.56 Å². The van der Waals surface area contributed by atoms with Crippen LogP contribution in [0.25, 0.3) is 0 Å². The third-order valence-electron chi connectivity index (χ3n) is 1.53. The Kier molecular flexibility index (Phi) is 1.74. The molecule has 1 heterocycles. The summed E-state index contributed by atoms with van der Waals surface area (Å²) in [5, 5.41) is 6.04. The van der Waals surface area contributed by atoms with Crippen molar-refractivity contribution in [3.8, 4) is 0 Å². The van der Waals surface area contributed by atoms with E-state index in [-0.39, 0.29) is 11.9 Å². The molecule has 0 saturated carbocycles. The number of aromatic amines is 1. The van der Waals surface area contributed by atoms with E-state index in [2.05, 4.69) is 10.2 Å². The number of nitrogens with zero attached hydrogens (tertiary/aromatic N) is 1. The maximum Gasteiger partial charge on any atom is 0.236 e. The molecule has 56 valence electrons. The highest BCUT2D eigenvalue weighted by Crippen LogP contribution is 2.19. The van der Waals surface area contributed by atoms with Gasteiger partial charge in [-0.1, -0.05) is 13.8 Å². The van der Waals surface area contributed by atoms with E-state index in [1.54, 1.807) is 0 Å². The molecule has 1 aromatic heterocycles. The SMILES string of the molecule is Cc1[nH]nc(F)c1C(C)C. The summed E-state index contributed by atoms with van der Waals surface area (Å²) in [6.07, 6.45) is 0. The molecule has 0 saturated heterocycles. The molecule has 0 aromatic carbocycles. The fraction of sp³-hybridized carbons (Fsp3) is 0.571. The number of aromatic nitrogens is 2. The van der Waals surface area contributed by atoms with Crippen LogP contribution >= 0.6 is 0 Å². The summed E-state index contributed by atoms with van der Waals surface area (Å²) < 4.78 is 12.7. The molecule has 1 rings (SSSR count). The summed E-state index contributed by atoms with van der Waals surface area (Å²) in [5.74, 6) is -0.161. The summed E-state index contributed by atoms with van der Waals surface area (Å²) in [5.41, 5.74) is 1.52. The highest BCUT2D eigenvalue weighted by atomic mass is 19.1. The topological polar surface area (TPSA) is 28.7 Å². The van der Waals surface area contributed by atoms with Crippen molar-refractivity contribution in [2.24, 2.45) is 0 Å². The van der Waals surface area contributed by atoms with Crippen molar-refractivity contribution < 1.29 is 4.39 Å². The molecule has 0 radical (unpaired) electrons. The van der Waals surface area contributed by atoms with Crippen molar-refractivity contribution in [1.82, 2.24) is 10.2 Å². The Bertz CT molecular complexity index is 208. The van der Waals surface area contributed by atoms with Gasteiger partial charge in [-0.3, -0.25) is 5.10 Å². The summed E-state index contributed by atoms with van der Waals surface area (Å²) >= 11 is 0. The molecule has 0 spiro atoms. The second kappa shape index (κ2) is 2.40. The van der Waals surface area contributed by atoms with Gasteiger partial charge in [0.15, 0.2) is 0 Å². The summed E-state index contributed by atoms with van der Waals surface area (Å²) in [6.45, 7) is 5.72. The lowest BCUT2D eigenvalue weighted by atomic mass is 10.1. The largest absolute Gasteiger partial charge is 0.280 e. The zero-order valence-electron chi connectivity index (χ0n) is 6.40. The van der Waals surface area contributed by atoms with E-state index in [4.69, 9.17) is 0 Å². The van der Waals surface area contributed by atoms with Gasteiger partial charge in [0.05, 0.1) is 0 Å². The lowest BCUT2D eigenvalue weighted by Crippen LogP contribution is -1.90. The predicted molar refractivity (Wildman–Crippen MR) is 37.4 cm³/mol. The molecule has 2 nitrogen and oxygen atoms in total. The zero-order valence-corrected chi connectivity index (χ0v) is 6.40. The van der Waals surface area contributed by atoms with Crippen molar-refractivity contribution in [1.29, 1.82) is 0 Å². The molecular weight excluding hydrogens is 131 g/mol. The second-order valence-electron chi connectivity index (χ2n) is 2.71. The molecule has 0 aliphatic carbocycles. The fourth-order valence-corrected chi connectivity index (χ4v) is 1.08. The van der Waals surface area contributed by atoms with E-state index in [9.17, 15) is 4.39 Å². The van der Waals surface area contributed by atoms with Crippen molar-refractivity contribution in [2.45, 2.75) is 26.7 Å². The first kappa shape index (κ1) is 7.25. The third-order valence-corrected chi connectivity index (χ3v) is 1.53. The predicted octanol–water partition coefficient (Wildman–Crippen LogP) is 1.98. The molecular formula is C7H11FN2. The van der Waals surface area contributed by atoms with Gasteiger partial charge in [0.25, 0.3) is 0 Å². The normalized spacial score (nSPS) is 10.9. The van der Waals surface area contributed by atoms with E-state index < -0.39 is 0 Å². The minimum atomic E-state index is -0.368. The van der Waals surface area contributed by atoms with Crippen LogP contribution in [-0.2, 0) is 0 Å². The molecule has 1 aromatic rings. The van der Waals surface area contributed by atoms with E-state index >= 15 is 0 Å². The number of hydrogen-bond donors (Lipinski definition) is 1. The van der Waals surface area contributed by atoms with Gasteiger partial charge in [0.1, 0.15) is 0 Å². The average molecular weight is 142 g/mol. The van der Waals surface area contributed by atoms with E-state index in [0.717, 1.165) is 5.69 Å². The van der Waals surface area contributed by atoms with Crippen LogP contribution in [0.1, 0.15) is 31.0 Å². The zero-order chi connectivity index (χ0) is 7.72. The molecule has 3 heteroatoms. The van der Waals surface area contributed by atoms with Crippen molar-refractivity contribution in [2.75, 3.05) is 0 Å². The number of nitrogens with one attached hydrogen (secondary N) is 1. The highest BCUT2D eigenvalue weighted by Gasteiger charge is 2.11. The van der Waals surface area contributed by atoms with Gasteiger partial charge in [-0.2, -0.15) is 4.39 Å². The van der Waals surface area contributed by atoms with Gasteiger partial charge < -0.3 is 0 Å². The second-order valence-corrected chi connectivity index (χ2v) is 2.71. The smallest absolute Gasteiger partial charge is 0.236 e. The number of rotatable bonds is 1. The van der Waals surface area contributed by atoms with Gasteiger partial charge in [0, 0.05) is 11.3 Å². The van der Waals surface area contributed by atoms with Gasteiger partial charge >= 0.3 is 0 Å². The minimum Gasteiger partial charge on any atom is -0.280 e. The van der Waals surface area contributed by atoms with E-state index in [1.807, 2.05) is 20.8 Å². The van der Waals surface area contributed by atoms with Crippen molar-refractivity contribution >= 4 is 0 Å². The average Bonchev–Trinajstić information content (AvgIpc) is 2.11. The number of aryl methyl sites for hydroxylation is 1. The Hall–Kier alpha value is -0.860. The van der Waals surface area contributed by atoms with E-state index in [1.165, 1.54) is 0 Å². The fourth-order valence-electron chi connectivity index (χ4n) is 1.08. The number of hydrogen-bond acceptors (Lipinski definition) is 1. The maximum absolute atomic E-state index is 12.7. The van der Waals surface area contributed by atoms with Gasteiger partial charge in [-0.05, 0) is 12.8 Å². The van der Waals surface area contributed by atoms with Gasteiger partial charge in [-0.25, -0.2) is 0 Å². The molecule has 0 amide bonds. The lowest BCUT2D eigenvalue weighted by molar-refractivity contribution is 0.558. The highest BCUT2D eigenvalue weighted by molar-refractivity contribution is 5.19. The Morgan fingerprint density at radius 1 is 1.50 bits per heavy atom. The third kappa shape index (κ3) is 1.03. The first-order valence-corrected chi connectivity index (χ1v) is 3.33. The van der Waals surface area contributed by atoms with Crippen LogP contribution in [0.2, 0.25) is 0 Å². The van der Waals surface area contributed by atoms with Crippen LogP contribution in [-0.4, -0.2) is 10.2 Å². The van der Waals surface area contributed by atoms with Crippen LogP contribution < -0.4 is 0 Å². The standard InChI is InChI=1S/C7H11FN2/c1-4(2)6-5(3)9-10-7(6)8/h4H,1-3H3,(H,9,10). The van der Waals surface area contributed by atoms with Crippen LogP contribution in [0, 0.1) is 12.9 Å². The monoisotopic (exact) mass is 142 g/mol. The molecule has 0 bridgehead atoms. The number of H-pyrrole nitrogens is 1. The summed E-state index contributed by atoms with van der Waals surface area (Å²) in [4.78, 5) is 0. The summed E-state index contributed by atoms with van der Waals surface area (Å²) in [7, 11) is 0. The molecule has 0 atom stereocenters. The van der Waals surface area contributed by atoms with Gasteiger partial charge in [-0.15, -0.1) is 5.10 Å². The Morgan fingerprint density at radius 2 is 2.10 bits per heavy atom. The molecule has 0 aliphatic heterocycles. The minimum absolute atomic E-state index is 0.207. The van der Waals surface area contributed by atoms with Crippen LogP contribution in [0.15, 0.2) is 0 Å². The van der Waals surface area contributed by atoms with Crippen LogP contribution in [0.4, 0.5) is 4.39 Å². The first-order valence-electron chi connectivity index (χ1n) is 3.33. The van der Waals surface area contributed by atoms with Crippen LogP contribution in [0.5, 0.6) is 0 Å². The maximum atomic E-state index is 12.7. The lowest BCUT2D eigenvalue weighted by Gasteiger charge is -2.00.